The molecule has 0 atom stereocenters. The second kappa shape index (κ2) is 12.5. The first kappa shape index (κ1) is 26.4. The maximum absolute atomic E-state index is 12.7. The number of hydrogen-bond donors (Lipinski definition) is 3. The van der Waals surface area contributed by atoms with Crippen LogP contribution in [0.3, 0.4) is 0 Å². The predicted octanol–water partition coefficient (Wildman–Crippen LogP) is 3.35. The summed E-state index contributed by atoms with van der Waals surface area (Å²) in [6, 6.07) is 14.9. The zero-order valence-electron chi connectivity index (χ0n) is 19.0. The van der Waals surface area contributed by atoms with Crippen LogP contribution in [0, 0.1) is 0 Å². The fourth-order valence-corrected chi connectivity index (χ4v) is 3.04. The van der Waals surface area contributed by atoms with E-state index in [-0.39, 0.29) is 24.4 Å². The number of carbonyl (C=O) groups is 2. The molecule has 0 aliphatic heterocycles. The van der Waals surface area contributed by atoms with Gasteiger partial charge in [0.2, 0.25) is 0 Å². The van der Waals surface area contributed by atoms with Gasteiger partial charge >= 0.3 is 6.36 Å². The molecule has 0 saturated heterocycles. The van der Waals surface area contributed by atoms with Crippen molar-refractivity contribution in [3.05, 3.63) is 89.9 Å². The second-order valence-corrected chi connectivity index (χ2v) is 7.40. The number of alkyl halides is 3. The Kier molecular flexibility index (Phi) is 9.12. The number of nitrogens with one attached hydrogen (secondary N) is 2. The second-order valence-electron chi connectivity index (χ2n) is 7.40. The fourth-order valence-electron chi connectivity index (χ4n) is 3.04. The van der Waals surface area contributed by atoms with Gasteiger partial charge in [0.25, 0.3) is 11.8 Å². The summed E-state index contributed by atoms with van der Waals surface area (Å²) in [6.07, 6.45) is 0.303. The van der Waals surface area contributed by atoms with Crippen LogP contribution in [0.2, 0.25) is 0 Å². The van der Waals surface area contributed by atoms with Crippen LogP contribution in [0.1, 0.15) is 15.9 Å². The minimum atomic E-state index is -4.83. The topological polar surface area (TPSA) is 102 Å². The van der Waals surface area contributed by atoms with Crippen molar-refractivity contribution in [1.82, 2.24) is 15.2 Å². The van der Waals surface area contributed by atoms with Crippen molar-refractivity contribution < 1.29 is 37.3 Å². The lowest BCUT2D eigenvalue weighted by Gasteiger charge is -2.12. The lowest BCUT2D eigenvalue weighted by molar-refractivity contribution is -0.274. The largest absolute Gasteiger partial charge is 0.573 e. The smallest absolute Gasteiger partial charge is 0.492 e. The molecule has 11 heteroatoms. The highest BCUT2D eigenvalue weighted by Gasteiger charge is 2.30. The van der Waals surface area contributed by atoms with Crippen LogP contribution in [0.5, 0.6) is 11.5 Å². The van der Waals surface area contributed by atoms with Gasteiger partial charge in [0.05, 0.1) is 13.2 Å². The molecule has 2 aromatic carbocycles. The quantitative estimate of drug-likeness (QED) is 0.349. The summed E-state index contributed by atoms with van der Waals surface area (Å²) in [4.78, 5) is 25.2. The Balaban J connectivity index is 1.67. The highest BCUT2D eigenvalue weighted by Crippen LogP contribution is 2.23. The standard InChI is InChI=1S/C25H24F3N3O5/c26-25(27,28)36-21-7-3-18(4-8-21)17-22(24(34)29-11-15-32)30-23(33)19-5-9-20(10-6-19)35-16-14-31-12-1-2-13-31/h1-10,12-13,17,32H,11,14-16H2,(H,29,34)(H,30,33)/b22-17-. The van der Waals surface area contributed by atoms with Crippen LogP contribution >= 0.6 is 0 Å². The summed E-state index contributed by atoms with van der Waals surface area (Å²) < 4.78 is 48.5. The Bertz CT molecular complexity index is 1160. The number of aromatic nitrogens is 1. The number of ether oxygens (including phenoxy) is 2. The van der Waals surface area contributed by atoms with E-state index in [4.69, 9.17) is 9.84 Å². The van der Waals surface area contributed by atoms with E-state index in [2.05, 4.69) is 15.4 Å². The molecule has 0 unspecified atom stereocenters. The van der Waals surface area contributed by atoms with Crippen molar-refractivity contribution in [2.75, 3.05) is 19.8 Å². The van der Waals surface area contributed by atoms with Crippen molar-refractivity contribution in [2.45, 2.75) is 12.9 Å². The van der Waals surface area contributed by atoms with Crippen molar-refractivity contribution in [3.8, 4) is 11.5 Å². The van der Waals surface area contributed by atoms with Gasteiger partial charge in [0, 0.05) is 24.5 Å². The van der Waals surface area contributed by atoms with Gasteiger partial charge in [-0.2, -0.15) is 0 Å². The monoisotopic (exact) mass is 503 g/mol. The minimum absolute atomic E-state index is 0.0561. The molecule has 0 aliphatic rings. The number of aliphatic hydroxyl groups excluding tert-OH is 1. The minimum Gasteiger partial charge on any atom is -0.492 e. The Labute approximate surface area is 205 Å². The van der Waals surface area contributed by atoms with E-state index in [9.17, 15) is 22.8 Å². The summed E-state index contributed by atoms with van der Waals surface area (Å²) in [5.74, 6) is -1.13. The molecule has 36 heavy (non-hydrogen) atoms. The van der Waals surface area contributed by atoms with E-state index in [1.54, 1.807) is 12.1 Å². The highest BCUT2D eigenvalue weighted by atomic mass is 19.4. The van der Waals surface area contributed by atoms with Gasteiger partial charge in [-0.3, -0.25) is 9.59 Å². The van der Waals surface area contributed by atoms with E-state index < -0.39 is 23.9 Å². The first-order chi connectivity index (χ1) is 17.2. The van der Waals surface area contributed by atoms with Crippen LogP contribution in [-0.4, -0.2) is 47.6 Å². The predicted molar refractivity (Wildman–Crippen MR) is 125 cm³/mol. The maximum Gasteiger partial charge on any atom is 0.573 e. The van der Waals surface area contributed by atoms with Crippen molar-refractivity contribution >= 4 is 17.9 Å². The Morgan fingerprint density at radius 2 is 1.61 bits per heavy atom. The van der Waals surface area contributed by atoms with Crippen molar-refractivity contribution in [2.24, 2.45) is 0 Å². The normalized spacial score (nSPS) is 11.6. The average molecular weight is 503 g/mol. The van der Waals surface area contributed by atoms with Crippen molar-refractivity contribution in [1.29, 1.82) is 0 Å². The maximum atomic E-state index is 12.7. The molecule has 3 aromatic rings. The van der Waals surface area contributed by atoms with Gasteiger partial charge in [-0.15, -0.1) is 13.2 Å². The zero-order chi connectivity index (χ0) is 26.0. The molecule has 190 valence electrons. The molecule has 1 heterocycles. The average Bonchev–Trinajstić information content (AvgIpc) is 3.36. The number of nitrogens with zero attached hydrogens (tertiary/aromatic N) is 1. The van der Waals surface area contributed by atoms with E-state index in [0.717, 1.165) is 12.1 Å². The summed E-state index contributed by atoms with van der Waals surface area (Å²) in [5, 5.41) is 13.9. The van der Waals surface area contributed by atoms with Crippen LogP contribution in [0.25, 0.3) is 6.08 Å². The molecular weight excluding hydrogens is 479 g/mol. The Hall–Kier alpha value is -4.25. The number of halogens is 3. The third-order valence-corrected chi connectivity index (χ3v) is 4.72. The third-order valence-electron chi connectivity index (χ3n) is 4.72. The summed E-state index contributed by atoms with van der Waals surface area (Å²) >= 11 is 0. The van der Waals surface area contributed by atoms with Crippen LogP contribution in [0.4, 0.5) is 13.2 Å². The first-order valence-electron chi connectivity index (χ1n) is 10.8. The van der Waals surface area contributed by atoms with Gasteiger partial charge in [-0.05, 0) is 60.2 Å². The lowest BCUT2D eigenvalue weighted by Crippen LogP contribution is -2.36. The number of rotatable bonds is 11. The molecule has 0 saturated carbocycles. The number of aliphatic hydroxyl groups is 1. The number of amides is 2. The van der Waals surface area contributed by atoms with Gasteiger partial charge < -0.3 is 29.8 Å². The molecule has 0 bridgehead atoms. The summed E-state index contributed by atoms with van der Waals surface area (Å²) in [5.41, 5.74) is 0.429. The van der Waals surface area contributed by atoms with E-state index >= 15 is 0 Å². The number of carbonyl (C=O) groups excluding carboxylic acids is 2. The molecule has 0 fully saturated rings. The Morgan fingerprint density at radius 3 is 2.22 bits per heavy atom. The molecular formula is C25H24F3N3O5. The molecule has 1 aromatic heterocycles. The molecule has 2 amide bonds. The Morgan fingerprint density at radius 1 is 0.972 bits per heavy atom. The molecule has 0 spiro atoms. The van der Waals surface area contributed by atoms with Gasteiger partial charge in [0.1, 0.15) is 23.8 Å². The van der Waals surface area contributed by atoms with E-state index in [1.807, 2.05) is 29.1 Å². The zero-order valence-corrected chi connectivity index (χ0v) is 19.0. The molecule has 8 nitrogen and oxygen atoms in total. The molecule has 3 N–H and O–H groups in total. The number of hydrogen-bond acceptors (Lipinski definition) is 5. The lowest BCUT2D eigenvalue weighted by atomic mass is 10.1. The van der Waals surface area contributed by atoms with Crippen LogP contribution in [-0.2, 0) is 11.3 Å². The number of benzene rings is 2. The van der Waals surface area contributed by atoms with Gasteiger partial charge in [-0.25, -0.2) is 0 Å². The fraction of sp³-hybridized carbons (Fsp3) is 0.200. The summed E-state index contributed by atoms with van der Waals surface area (Å²) in [7, 11) is 0. The van der Waals surface area contributed by atoms with Gasteiger partial charge in [-0.1, -0.05) is 12.1 Å². The SMILES string of the molecule is O=C(NCCO)/C(=C/c1ccc(OC(F)(F)F)cc1)NC(=O)c1ccc(OCCn2cccc2)cc1. The summed E-state index contributed by atoms with van der Waals surface area (Å²) in [6.45, 7) is 0.724. The molecule has 3 rings (SSSR count). The third kappa shape index (κ3) is 8.51. The van der Waals surface area contributed by atoms with E-state index in [1.165, 1.54) is 30.3 Å². The molecule has 0 radical (unpaired) electrons. The van der Waals surface area contributed by atoms with Crippen LogP contribution < -0.4 is 20.1 Å². The van der Waals surface area contributed by atoms with Gasteiger partial charge in [0.15, 0.2) is 0 Å². The van der Waals surface area contributed by atoms with Crippen LogP contribution in [0.15, 0.2) is 78.8 Å². The first-order valence-corrected chi connectivity index (χ1v) is 10.8. The molecule has 0 aliphatic carbocycles. The van der Waals surface area contributed by atoms with E-state index in [0.29, 0.717) is 24.5 Å². The highest BCUT2D eigenvalue weighted by molar-refractivity contribution is 6.05. The van der Waals surface area contributed by atoms with Crippen molar-refractivity contribution in [3.63, 3.8) is 0 Å².